The molecule has 1 N–H and O–H groups in total. The Hall–Kier alpha value is -0.560. The number of hydrogen-bond acceptors (Lipinski definition) is 1. The minimum absolute atomic E-state index is 0.209. The highest BCUT2D eigenvalue weighted by atomic mass is 16.2. The molecule has 0 aliphatic heterocycles. The van der Waals surface area contributed by atoms with Crippen LogP contribution in [0.25, 0.3) is 0 Å². The van der Waals surface area contributed by atoms with Crippen molar-refractivity contribution in [1.29, 1.82) is 0 Å². The molecule has 74 valence electrons. The van der Waals surface area contributed by atoms with Crippen LogP contribution in [0.2, 0.25) is 0 Å². The van der Waals surface area contributed by atoms with Gasteiger partial charge in [-0.1, -0.05) is 23.3 Å². The Kier molecular flexibility index (Phi) is 4.23. The van der Waals surface area contributed by atoms with E-state index in [1.54, 1.807) is 0 Å². The first-order valence-corrected chi connectivity index (χ1v) is 5.17. The summed E-state index contributed by atoms with van der Waals surface area (Å²) in [7, 11) is 0. The van der Waals surface area contributed by atoms with Crippen molar-refractivity contribution in [2.24, 2.45) is 5.92 Å². The van der Waals surface area contributed by atoms with E-state index in [-0.39, 0.29) is 6.61 Å². The van der Waals surface area contributed by atoms with Gasteiger partial charge in [0.15, 0.2) is 0 Å². The molecule has 1 nitrogen and oxygen atoms in total. The molecule has 0 aromatic rings. The monoisotopic (exact) mass is 180 g/mol. The molecule has 13 heavy (non-hydrogen) atoms. The minimum atomic E-state index is 0.209. The van der Waals surface area contributed by atoms with Crippen LogP contribution in [-0.4, -0.2) is 11.7 Å². The third kappa shape index (κ3) is 3.35. The Morgan fingerprint density at radius 2 is 2.31 bits per heavy atom. The fourth-order valence-corrected chi connectivity index (χ4v) is 1.98. The Balaban J connectivity index is 2.49. The standard InChI is InChI=1S/C12H20O/c1-10(2)6-7-11-4-3-5-12(11)8-9-13/h6,8,11,13H,3-5,7,9H2,1-2H3/b12-8+/t11-/m0/s1. The van der Waals surface area contributed by atoms with Crippen LogP contribution in [0.15, 0.2) is 23.3 Å². The van der Waals surface area contributed by atoms with E-state index < -0.39 is 0 Å². The molecule has 1 atom stereocenters. The molecule has 1 aliphatic carbocycles. The van der Waals surface area contributed by atoms with Crippen LogP contribution >= 0.6 is 0 Å². The molecule has 0 aromatic carbocycles. The summed E-state index contributed by atoms with van der Waals surface area (Å²) in [6.45, 7) is 4.50. The second kappa shape index (κ2) is 5.23. The van der Waals surface area contributed by atoms with Gasteiger partial charge in [-0.15, -0.1) is 0 Å². The highest BCUT2D eigenvalue weighted by Crippen LogP contribution is 2.33. The average molecular weight is 180 g/mol. The molecule has 0 radical (unpaired) electrons. The minimum Gasteiger partial charge on any atom is -0.392 e. The molecule has 0 unspecified atom stereocenters. The van der Waals surface area contributed by atoms with Gasteiger partial charge in [-0.25, -0.2) is 0 Å². The van der Waals surface area contributed by atoms with Crippen LogP contribution in [0.4, 0.5) is 0 Å². The fourth-order valence-electron chi connectivity index (χ4n) is 1.98. The van der Waals surface area contributed by atoms with Gasteiger partial charge in [0.05, 0.1) is 6.61 Å². The third-order valence-corrected chi connectivity index (χ3v) is 2.71. The smallest absolute Gasteiger partial charge is 0.0615 e. The summed E-state index contributed by atoms with van der Waals surface area (Å²) in [6, 6.07) is 0. The average Bonchev–Trinajstić information content (AvgIpc) is 2.49. The predicted molar refractivity (Wildman–Crippen MR) is 56.6 cm³/mol. The van der Waals surface area contributed by atoms with Gasteiger partial charge in [-0.3, -0.25) is 0 Å². The summed E-state index contributed by atoms with van der Waals surface area (Å²) in [5.41, 5.74) is 2.87. The Bertz CT molecular complexity index is 209. The summed E-state index contributed by atoms with van der Waals surface area (Å²) in [6.07, 6.45) is 9.26. The first kappa shape index (κ1) is 10.5. The SMILES string of the molecule is CC(C)=CC[C@@H]1CCC/C1=C\CO. The lowest BCUT2D eigenvalue weighted by atomic mass is 9.97. The number of aliphatic hydroxyl groups is 1. The molecule has 1 aliphatic rings. The zero-order valence-electron chi connectivity index (χ0n) is 8.71. The van der Waals surface area contributed by atoms with E-state index in [2.05, 4.69) is 19.9 Å². The second-order valence-electron chi connectivity index (χ2n) is 4.07. The highest BCUT2D eigenvalue weighted by Gasteiger charge is 2.18. The zero-order valence-corrected chi connectivity index (χ0v) is 8.71. The van der Waals surface area contributed by atoms with Crippen molar-refractivity contribution in [3.8, 4) is 0 Å². The summed E-state index contributed by atoms with van der Waals surface area (Å²) < 4.78 is 0. The van der Waals surface area contributed by atoms with E-state index in [4.69, 9.17) is 5.11 Å². The lowest BCUT2D eigenvalue weighted by molar-refractivity contribution is 0.340. The van der Waals surface area contributed by atoms with Gasteiger partial charge >= 0.3 is 0 Å². The number of aliphatic hydroxyl groups excluding tert-OH is 1. The molecular formula is C12H20O. The van der Waals surface area contributed by atoms with Crippen molar-refractivity contribution < 1.29 is 5.11 Å². The van der Waals surface area contributed by atoms with Crippen molar-refractivity contribution in [2.75, 3.05) is 6.61 Å². The number of allylic oxidation sites excluding steroid dienone is 3. The Labute approximate surface area is 81.2 Å². The van der Waals surface area contributed by atoms with Gasteiger partial charge < -0.3 is 5.11 Å². The summed E-state index contributed by atoms with van der Waals surface area (Å²) in [5, 5.41) is 8.83. The van der Waals surface area contributed by atoms with E-state index in [1.165, 1.54) is 30.4 Å². The summed E-state index contributed by atoms with van der Waals surface area (Å²) in [4.78, 5) is 0. The normalized spacial score (nSPS) is 25.2. The molecule has 1 heteroatoms. The van der Waals surface area contributed by atoms with Crippen molar-refractivity contribution in [1.82, 2.24) is 0 Å². The molecule has 0 spiro atoms. The summed E-state index contributed by atoms with van der Waals surface area (Å²) in [5.74, 6) is 0.710. The van der Waals surface area contributed by atoms with Crippen LogP contribution in [0.1, 0.15) is 39.5 Å². The van der Waals surface area contributed by atoms with Crippen LogP contribution in [0.3, 0.4) is 0 Å². The van der Waals surface area contributed by atoms with Gasteiger partial charge in [-0.05, 0) is 45.4 Å². The number of hydrogen-bond donors (Lipinski definition) is 1. The molecule has 0 aromatic heterocycles. The molecule has 0 amide bonds. The molecule has 0 heterocycles. The zero-order chi connectivity index (χ0) is 9.68. The Morgan fingerprint density at radius 3 is 2.92 bits per heavy atom. The van der Waals surface area contributed by atoms with Crippen LogP contribution < -0.4 is 0 Å². The largest absolute Gasteiger partial charge is 0.392 e. The molecule has 1 saturated carbocycles. The third-order valence-electron chi connectivity index (χ3n) is 2.71. The van der Waals surface area contributed by atoms with Crippen molar-refractivity contribution >= 4 is 0 Å². The first-order chi connectivity index (χ1) is 6.24. The highest BCUT2D eigenvalue weighted by molar-refractivity contribution is 5.13. The molecule has 1 fully saturated rings. The number of rotatable bonds is 3. The maximum atomic E-state index is 8.83. The van der Waals surface area contributed by atoms with Crippen LogP contribution in [0, 0.1) is 5.92 Å². The molecular weight excluding hydrogens is 160 g/mol. The van der Waals surface area contributed by atoms with Crippen molar-refractivity contribution in [3.63, 3.8) is 0 Å². The van der Waals surface area contributed by atoms with Gasteiger partial charge in [0.2, 0.25) is 0 Å². The van der Waals surface area contributed by atoms with E-state index >= 15 is 0 Å². The maximum absolute atomic E-state index is 8.83. The van der Waals surface area contributed by atoms with Gasteiger partial charge in [0.1, 0.15) is 0 Å². The molecule has 1 rings (SSSR count). The van der Waals surface area contributed by atoms with Crippen molar-refractivity contribution in [3.05, 3.63) is 23.3 Å². The second-order valence-corrected chi connectivity index (χ2v) is 4.07. The van der Waals surface area contributed by atoms with E-state index in [9.17, 15) is 0 Å². The van der Waals surface area contributed by atoms with Gasteiger partial charge in [-0.2, -0.15) is 0 Å². The maximum Gasteiger partial charge on any atom is 0.0615 e. The van der Waals surface area contributed by atoms with E-state index in [0.717, 1.165) is 6.42 Å². The molecule has 0 bridgehead atoms. The summed E-state index contributed by atoms with van der Waals surface area (Å²) >= 11 is 0. The van der Waals surface area contributed by atoms with Crippen LogP contribution in [-0.2, 0) is 0 Å². The molecule has 0 saturated heterocycles. The Morgan fingerprint density at radius 1 is 1.54 bits per heavy atom. The topological polar surface area (TPSA) is 20.2 Å². The quantitative estimate of drug-likeness (QED) is 0.662. The lowest BCUT2D eigenvalue weighted by Gasteiger charge is -2.08. The lowest BCUT2D eigenvalue weighted by Crippen LogP contribution is -1.96. The van der Waals surface area contributed by atoms with Crippen LogP contribution in [0.5, 0.6) is 0 Å². The predicted octanol–water partition coefficient (Wildman–Crippen LogP) is 3.06. The van der Waals surface area contributed by atoms with E-state index in [1.807, 2.05) is 6.08 Å². The van der Waals surface area contributed by atoms with E-state index in [0.29, 0.717) is 5.92 Å². The first-order valence-electron chi connectivity index (χ1n) is 5.17. The fraction of sp³-hybridized carbons (Fsp3) is 0.667. The van der Waals surface area contributed by atoms with Gasteiger partial charge in [0.25, 0.3) is 0 Å². The van der Waals surface area contributed by atoms with Crippen molar-refractivity contribution in [2.45, 2.75) is 39.5 Å². The van der Waals surface area contributed by atoms with Gasteiger partial charge in [0, 0.05) is 0 Å².